The molecule has 1 aromatic heterocycles. The maximum atomic E-state index is 11.3. The highest BCUT2D eigenvalue weighted by molar-refractivity contribution is 7.88. The van der Waals surface area contributed by atoms with E-state index < -0.39 is 22.2 Å². The summed E-state index contributed by atoms with van der Waals surface area (Å²) in [5.74, 6) is -2.33. The summed E-state index contributed by atoms with van der Waals surface area (Å²) in [5.41, 5.74) is 1.28. The quantitative estimate of drug-likeness (QED) is 0.733. The second-order valence-corrected chi connectivity index (χ2v) is 9.38. The molecule has 0 radical (unpaired) electrons. The average Bonchev–Trinajstić information content (AvgIpc) is 3.20. The molecular weight excluding hydrogens is 409 g/mol. The SMILES string of the molecule is CS(=O)(=O)NC[C@]12COC[C@H]1CN(Cc1ccsc1)C2.O=C(O)C(F)(F)F. The summed E-state index contributed by atoms with van der Waals surface area (Å²) < 4.78 is 62.7. The molecule has 2 fully saturated rings. The standard InChI is InChI=1S/C13H20N2O3S2.C2HF3O2/c1-20(16,17)14-8-13-9-15(4-11-2-3-19-7-11)5-12(13)6-18-10-13;3-2(4,5)1(6)7/h2-3,7,12,14H,4-6,8-10H2,1H3;(H,6,7)/t12-,13+;/m1./s1. The van der Waals surface area contributed by atoms with Crippen LogP contribution in [-0.2, 0) is 26.1 Å². The van der Waals surface area contributed by atoms with E-state index in [9.17, 15) is 21.6 Å². The Morgan fingerprint density at radius 2 is 2.19 bits per heavy atom. The fraction of sp³-hybridized carbons (Fsp3) is 0.667. The van der Waals surface area contributed by atoms with Crippen LogP contribution < -0.4 is 4.72 Å². The van der Waals surface area contributed by atoms with E-state index in [4.69, 9.17) is 14.6 Å². The van der Waals surface area contributed by atoms with Crippen molar-refractivity contribution in [2.24, 2.45) is 11.3 Å². The number of nitrogens with one attached hydrogen (secondary N) is 1. The smallest absolute Gasteiger partial charge is 0.475 e. The molecule has 3 rings (SSSR count). The van der Waals surface area contributed by atoms with E-state index in [1.807, 2.05) is 0 Å². The van der Waals surface area contributed by atoms with Crippen molar-refractivity contribution in [2.45, 2.75) is 12.7 Å². The van der Waals surface area contributed by atoms with Gasteiger partial charge in [0.1, 0.15) is 0 Å². The number of aliphatic carboxylic acids is 1. The van der Waals surface area contributed by atoms with Crippen LogP contribution in [0.5, 0.6) is 0 Å². The molecule has 0 saturated carbocycles. The molecule has 0 bridgehead atoms. The molecule has 0 aliphatic carbocycles. The van der Waals surface area contributed by atoms with Gasteiger partial charge in [0.2, 0.25) is 10.0 Å². The van der Waals surface area contributed by atoms with Crippen molar-refractivity contribution in [1.82, 2.24) is 9.62 Å². The molecule has 0 amide bonds. The fourth-order valence-electron chi connectivity index (χ4n) is 3.23. The highest BCUT2D eigenvalue weighted by Gasteiger charge is 2.50. The minimum Gasteiger partial charge on any atom is -0.475 e. The first kappa shape index (κ1) is 22.1. The Bertz CT molecular complexity index is 739. The van der Waals surface area contributed by atoms with Gasteiger partial charge in [0.15, 0.2) is 0 Å². The zero-order valence-electron chi connectivity index (χ0n) is 14.5. The molecule has 2 N–H and O–H groups in total. The number of halogens is 3. The molecule has 1 aromatic rings. The van der Waals surface area contributed by atoms with E-state index in [2.05, 4.69) is 26.4 Å². The van der Waals surface area contributed by atoms with Crippen molar-refractivity contribution in [2.75, 3.05) is 39.1 Å². The number of rotatable bonds is 5. The molecule has 2 aliphatic rings. The number of thiophene rings is 1. The van der Waals surface area contributed by atoms with Gasteiger partial charge in [0.05, 0.1) is 19.5 Å². The molecule has 0 aromatic carbocycles. The van der Waals surface area contributed by atoms with Crippen LogP contribution in [0.15, 0.2) is 16.8 Å². The van der Waals surface area contributed by atoms with Crippen molar-refractivity contribution in [1.29, 1.82) is 0 Å². The molecule has 0 unspecified atom stereocenters. The normalized spacial score (nSPS) is 25.7. The van der Waals surface area contributed by atoms with Gasteiger partial charge in [-0.25, -0.2) is 17.9 Å². The number of nitrogens with zero attached hydrogens (tertiary/aromatic N) is 1. The number of alkyl halides is 3. The van der Waals surface area contributed by atoms with Crippen LogP contribution in [-0.4, -0.2) is 69.7 Å². The first-order valence-corrected chi connectivity index (χ1v) is 10.8. The van der Waals surface area contributed by atoms with Gasteiger partial charge < -0.3 is 9.84 Å². The zero-order valence-corrected chi connectivity index (χ0v) is 16.2. The highest BCUT2D eigenvalue weighted by Crippen LogP contribution is 2.41. The molecule has 7 nitrogen and oxygen atoms in total. The molecule has 12 heteroatoms. The van der Waals surface area contributed by atoms with E-state index in [1.165, 1.54) is 11.8 Å². The first-order chi connectivity index (χ1) is 12.4. The summed E-state index contributed by atoms with van der Waals surface area (Å²) in [6.07, 6.45) is -3.87. The number of likely N-dealkylation sites (tertiary alicyclic amines) is 1. The molecule has 27 heavy (non-hydrogen) atoms. The summed E-state index contributed by atoms with van der Waals surface area (Å²) in [6.45, 7) is 4.71. The van der Waals surface area contributed by atoms with Crippen molar-refractivity contribution in [3.8, 4) is 0 Å². The van der Waals surface area contributed by atoms with Gasteiger partial charge in [-0.1, -0.05) is 0 Å². The van der Waals surface area contributed by atoms with Crippen LogP contribution in [0.3, 0.4) is 0 Å². The lowest BCUT2D eigenvalue weighted by Gasteiger charge is -2.27. The van der Waals surface area contributed by atoms with Crippen LogP contribution in [0.25, 0.3) is 0 Å². The number of sulfonamides is 1. The molecule has 3 heterocycles. The lowest BCUT2D eigenvalue weighted by atomic mass is 9.81. The largest absolute Gasteiger partial charge is 0.490 e. The number of carboxylic acids is 1. The third-order valence-electron chi connectivity index (χ3n) is 4.51. The van der Waals surface area contributed by atoms with Crippen molar-refractivity contribution >= 4 is 27.3 Å². The van der Waals surface area contributed by atoms with Crippen LogP contribution in [0.1, 0.15) is 5.56 Å². The average molecular weight is 430 g/mol. The van der Waals surface area contributed by atoms with Crippen LogP contribution >= 0.6 is 11.3 Å². The predicted octanol–water partition coefficient (Wildman–Crippen LogP) is 1.38. The predicted molar refractivity (Wildman–Crippen MR) is 92.9 cm³/mol. The van der Waals surface area contributed by atoms with Crippen molar-refractivity contribution in [3.63, 3.8) is 0 Å². The number of carboxylic acid groups (broad SMARTS) is 1. The molecule has 154 valence electrons. The summed E-state index contributed by atoms with van der Waals surface area (Å²) in [4.78, 5) is 11.3. The van der Waals surface area contributed by atoms with Crippen molar-refractivity contribution < 1.29 is 36.2 Å². The zero-order chi connectivity index (χ0) is 20.3. The summed E-state index contributed by atoms with van der Waals surface area (Å²) in [6, 6.07) is 2.15. The number of fused-ring (bicyclic) bond motifs is 1. The summed E-state index contributed by atoms with van der Waals surface area (Å²) >= 11 is 1.71. The van der Waals surface area contributed by atoms with Gasteiger partial charge in [-0.2, -0.15) is 24.5 Å². The lowest BCUT2D eigenvalue weighted by Crippen LogP contribution is -2.42. The molecule has 2 saturated heterocycles. The lowest BCUT2D eigenvalue weighted by molar-refractivity contribution is -0.192. The number of ether oxygens (including phenoxy) is 1. The highest BCUT2D eigenvalue weighted by atomic mass is 32.2. The minimum atomic E-state index is -5.08. The third-order valence-corrected chi connectivity index (χ3v) is 5.91. The maximum absolute atomic E-state index is 11.3. The van der Waals surface area contributed by atoms with Gasteiger partial charge in [0, 0.05) is 37.5 Å². The second kappa shape index (κ2) is 8.43. The Morgan fingerprint density at radius 1 is 1.52 bits per heavy atom. The van der Waals surface area contributed by atoms with Crippen molar-refractivity contribution in [3.05, 3.63) is 22.4 Å². The number of hydrogen-bond donors (Lipinski definition) is 2. The Kier molecular flexibility index (Phi) is 6.90. The Labute approximate surface area is 159 Å². The van der Waals surface area contributed by atoms with Gasteiger partial charge in [-0.05, 0) is 22.4 Å². The van der Waals surface area contributed by atoms with Gasteiger partial charge in [-0.15, -0.1) is 0 Å². The fourth-order valence-corrected chi connectivity index (χ4v) is 4.44. The van der Waals surface area contributed by atoms with E-state index in [-0.39, 0.29) is 5.41 Å². The van der Waals surface area contributed by atoms with E-state index in [0.29, 0.717) is 19.1 Å². The van der Waals surface area contributed by atoms with E-state index in [1.54, 1.807) is 11.3 Å². The monoisotopic (exact) mass is 430 g/mol. The topological polar surface area (TPSA) is 95.9 Å². The van der Waals surface area contributed by atoms with E-state index >= 15 is 0 Å². The molecule has 2 atom stereocenters. The maximum Gasteiger partial charge on any atom is 0.490 e. The number of carbonyl (C=O) groups is 1. The third kappa shape index (κ3) is 6.42. The second-order valence-electron chi connectivity index (χ2n) is 6.77. The Morgan fingerprint density at radius 3 is 2.70 bits per heavy atom. The van der Waals surface area contributed by atoms with Crippen LogP contribution in [0.2, 0.25) is 0 Å². The van der Waals surface area contributed by atoms with Crippen LogP contribution in [0.4, 0.5) is 13.2 Å². The van der Waals surface area contributed by atoms with Gasteiger partial charge in [-0.3, -0.25) is 4.90 Å². The van der Waals surface area contributed by atoms with Gasteiger partial charge in [0.25, 0.3) is 0 Å². The summed E-state index contributed by atoms with van der Waals surface area (Å²) in [7, 11) is -3.15. The first-order valence-electron chi connectivity index (χ1n) is 7.97. The minimum absolute atomic E-state index is 0.0564. The van der Waals surface area contributed by atoms with Gasteiger partial charge >= 0.3 is 12.1 Å². The van der Waals surface area contributed by atoms with Crippen LogP contribution in [0, 0.1) is 11.3 Å². The van der Waals surface area contributed by atoms with E-state index in [0.717, 1.165) is 26.2 Å². The Hall–Kier alpha value is -1.21. The Balaban J connectivity index is 0.000000321. The molecule has 0 spiro atoms. The summed E-state index contributed by atoms with van der Waals surface area (Å²) in [5, 5.41) is 11.4. The number of hydrogen-bond acceptors (Lipinski definition) is 6. The molecular formula is C15H21F3N2O5S2. The molecule has 2 aliphatic heterocycles.